The number of anilines is 1. The van der Waals surface area contributed by atoms with Crippen molar-refractivity contribution in [1.29, 1.82) is 0 Å². The van der Waals surface area contributed by atoms with E-state index in [1.54, 1.807) is 12.4 Å². The topological polar surface area (TPSA) is 53.6 Å². The molecule has 4 heteroatoms. The Kier molecular flexibility index (Phi) is 3.19. The van der Waals surface area contributed by atoms with Gasteiger partial charge in [-0.25, -0.2) is 9.97 Å². The Morgan fingerprint density at radius 3 is 2.88 bits per heavy atom. The van der Waals surface area contributed by atoms with Crippen molar-refractivity contribution in [1.82, 2.24) is 15.0 Å². The molecule has 2 aromatic heterocycles. The van der Waals surface area contributed by atoms with Crippen molar-refractivity contribution in [2.45, 2.75) is 26.3 Å². The van der Waals surface area contributed by atoms with Crippen LogP contribution >= 0.6 is 0 Å². The van der Waals surface area contributed by atoms with Gasteiger partial charge in [-0.1, -0.05) is 13.0 Å². The quantitative estimate of drug-likeness (QED) is 0.826. The maximum absolute atomic E-state index is 4.32. The van der Waals surface area contributed by atoms with Gasteiger partial charge in [0.15, 0.2) is 0 Å². The molecule has 0 fully saturated rings. The van der Waals surface area contributed by atoms with Crippen LogP contribution in [0.5, 0.6) is 0 Å². The number of nitrogens with zero attached hydrogens (tertiary/aromatic N) is 2. The Bertz CT molecular complexity index is 436. The molecule has 0 aliphatic carbocycles. The second kappa shape index (κ2) is 4.79. The molecule has 84 valence electrons. The van der Waals surface area contributed by atoms with Gasteiger partial charge < -0.3 is 10.3 Å². The highest BCUT2D eigenvalue weighted by molar-refractivity contribution is 5.43. The van der Waals surface area contributed by atoms with Crippen LogP contribution < -0.4 is 5.32 Å². The molecule has 0 amide bonds. The van der Waals surface area contributed by atoms with Gasteiger partial charge in [-0.05, 0) is 25.0 Å². The molecule has 0 aromatic carbocycles. The SMILES string of the molecule is CCC(Nc1ncccc1C)c1ncc[nH]1. The Hall–Kier alpha value is -1.84. The molecule has 2 aromatic rings. The fraction of sp³-hybridized carbons (Fsp3) is 0.333. The first-order valence-electron chi connectivity index (χ1n) is 5.48. The average Bonchev–Trinajstić information content (AvgIpc) is 2.81. The van der Waals surface area contributed by atoms with E-state index in [0.717, 1.165) is 23.6 Å². The van der Waals surface area contributed by atoms with Crippen LogP contribution in [0.2, 0.25) is 0 Å². The second-order valence-electron chi connectivity index (χ2n) is 3.75. The first kappa shape index (κ1) is 10.7. The highest BCUT2D eigenvalue weighted by Gasteiger charge is 2.12. The molecule has 1 atom stereocenters. The molecule has 0 spiro atoms. The summed E-state index contributed by atoms with van der Waals surface area (Å²) < 4.78 is 0. The summed E-state index contributed by atoms with van der Waals surface area (Å²) in [5.74, 6) is 1.87. The van der Waals surface area contributed by atoms with E-state index in [4.69, 9.17) is 0 Å². The third-order valence-corrected chi connectivity index (χ3v) is 2.58. The molecule has 0 aliphatic rings. The van der Waals surface area contributed by atoms with Gasteiger partial charge in [0, 0.05) is 18.6 Å². The van der Waals surface area contributed by atoms with Crippen LogP contribution in [-0.2, 0) is 0 Å². The molecule has 0 saturated heterocycles. The fourth-order valence-corrected chi connectivity index (χ4v) is 1.63. The van der Waals surface area contributed by atoms with Crippen molar-refractivity contribution in [3.63, 3.8) is 0 Å². The van der Waals surface area contributed by atoms with E-state index in [9.17, 15) is 0 Å². The van der Waals surface area contributed by atoms with Crippen LogP contribution in [0.3, 0.4) is 0 Å². The van der Waals surface area contributed by atoms with E-state index in [0.29, 0.717) is 0 Å². The Balaban J connectivity index is 2.17. The molecule has 1 unspecified atom stereocenters. The van der Waals surface area contributed by atoms with Crippen molar-refractivity contribution < 1.29 is 0 Å². The monoisotopic (exact) mass is 216 g/mol. The maximum atomic E-state index is 4.32. The van der Waals surface area contributed by atoms with Gasteiger partial charge >= 0.3 is 0 Å². The van der Waals surface area contributed by atoms with Crippen molar-refractivity contribution in [2.75, 3.05) is 5.32 Å². The van der Waals surface area contributed by atoms with Gasteiger partial charge in [0.05, 0.1) is 6.04 Å². The van der Waals surface area contributed by atoms with Gasteiger partial charge in [0.25, 0.3) is 0 Å². The summed E-state index contributed by atoms with van der Waals surface area (Å²) in [5.41, 5.74) is 1.15. The molecule has 2 N–H and O–H groups in total. The molecule has 0 bridgehead atoms. The smallest absolute Gasteiger partial charge is 0.129 e. The third-order valence-electron chi connectivity index (χ3n) is 2.58. The lowest BCUT2D eigenvalue weighted by Gasteiger charge is -2.16. The maximum Gasteiger partial charge on any atom is 0.129 e. The lowest BCUT2D eigenvalue weighted by Crippen LogP contribution is -2.13. The van der Waals surface area contributed by atoms with Crippen LogP contribution in [0.4, 0.5) is 5.82 Å². The summed E-state index contributed by atoms with van der Waals surface area (Å²) in [6, 6.07) is 4.17. The molecular weight excluding hydrogens is 200 g/mol. The molecule has 0 saturated carbocycles. The third kappa shape index (κ3) is 2.21. The molecule has 16 heavy (non-hydrogen) atoms. The molecule has 0 aliphatic heterocycles. The highest BCUT2D eigenvalue weighted by atomic mass is 15.1. The number of rotatable bonds is 4. The van der Waals surface area contributed by atoms with Crippen LogP contribution in [-0.4, -0.2) is 15.0 Å². The average molecular weight is 216 g/mol. The first-order chi connectivity index (χ1) is 7.81. The summed E-state index contributed by atoms with van der Waals surface area (Å²) in [6.45, 7) is 4.17. The fourth-order valence-electron chi connectivity index (χ4n) is 1.63. The zero-order valence-corrected chi connectivity index (χ0v) is 9.57. The Morgan fingerprint density at radius 1 is 1.38 bits per heavy atom. The van der Waals surface area contributed by atoms with E-state index < -0.39 is 0 Å². The molecule has 0 radical (unpaired) electrons. The Morgan fingerprint density at radius 2 is 2.25 bits per heavy atom. The van der Waals surface area contributed by atoms with Gasteiger partial charge in [-0.2, -0.15) is 0 Å². The lowest BCUT2D eigenvalue weighted by molar-refractivity contribution is 0.699. The standard InChI is InChI=1S/C12H16N4/c1-3-10(12-14-7-8-15-12)16-11-9(2)5-4-6-13-11/h4-8,10H,3H2,1-2H3,(H,13,16)(H,14,15). The second-order valence-corrected chi connectivity index (χ2v) is 3.75. The number of aromatic amines is 1. The largest absolute Gasteiger partial charge is 0.360 e. The summed E-state index contributed by atoms with van der Waals surface area (Å²) in [7, 11) is 0. The number of nitrogens with one attached hydrogen (secondary N) is 2. The van der Waals surface area contributed by atoms with E-state index >= 15 is 0 Å². The van der Waals surface area contributed by atoms with Gasteiger partial charge in [0.2, 0.25) is 0 Å². The summed E-state index contributed by atoms with van der Waals surface area (Å²) in [6.07, 6.45) is 6.36. The number of H-pyrrole nitrogens is 1. The molecular formula is C12H16N4. The molecule has 2 rings (SSSR count). The number of pyridine rings is 1. The minimum absolute atomic E-state index is 0.184. The minimum Gasteiger partial charge on any atom is -0.360 e. The first-order valence-corrected chi connectivity index (χ1v) is 5.48. The highest BCUT2D eigenvalue weighted by Crippen LogP contribution is 2.20. The van der Waals surface area contributed by atoms with E-state index in [1.807, 2.05) is 25.3 Å². The van der Waals surface area contributed by atoms with Crippen LogP contribution in [0.1, 0.15) is 30.8 Å². The van der Waals surface area contributed by atoms with E-state index in [1.165, 1.54) is 0 Å². The van der Waals surface area contributed by atoms with Crippen molar-refractivity contribution in [2.24, 2.45) is 0 Å². The van der Waals surface area contributed by atoms with E-state index in [2.05, 4.69) is 27.2 Å². The number of aryl methyl sites for hydroxylation is 1. The summed E-state index contributed by atoms with van der Waals surface area (Å²) in [5, 5.41) is 3.39. The van der Waals surface area contributed by atoms with E-state index in [-0.39, 0.29) is 6.04 Å². The van der Waals surface area contributed by atoms with Crippen molar-refractivity contribution in [3.8, 4) is 0 Å². The number of imidazole rings is 1. The summed E-state index contributed by atoms with van der Waals surface area (Å²) in [4.78, 5) is 11.7. The predicted molar refractivity (Wildman–Crippen MR) is 64.2 cm³/mol. The van der Waals surface area contributed by atoms with Crippen molar-refractivity contribution in [3.05, 3.63) is 42.1 Å². The van der Waals surface area contributed by atoms with Crippen LogP contribution in [0.15, 0.2) is 30.7 Å². The normalized spacial score (nSPS) is 12.4. The van der Waals surface area contributed by atoms with Crippen LogP contribution in [0.25, 0.3) is 0 Å². The van der Waals surface area contributed by atoms with Crippen molar-refractivity contribution >= 4 is 5.82 Å². The Labute approximate surface area is 95.1 Å². The number of hydrogen-bond acceptors (Lipinski definition) is 3. The zero-order valence-electron chi connectivity index (χ0n) is 9.57. The van der Waals surface area contributed by atoms with Gasteiger partial charge in [0.1, 0.15) is 11.6 Å². The predicted octanol–water partition coefficient (Wildman–Crippen LogP) is 2.68. The van der Waals surface area contributed by atoms with Gasteiger partial charge in [-0.15, -0.1) is 0 Å². The molecule has 4 nitrogen and oxygen atoms in total. The molecule has 2 heterocycles. The minimum atomic E-state index is 0.184. The lowest BCUT2D eigenvalue weighted by atomic mass is 10.2. The number of hydrogen-bond donors (Lipinski definition) is 2. The zero-order chi connectivity index (χ0) is 11.4. The van der Waals surface area contributed by atoms with Gasteiger partial charge in [-0.3, -0.25) is 0 Å². The van der Waals surface area contributed by atoms with Crippen LogP contribution in [0, 0.1) is 6.92 Å². The summed E-state index contributed by atoms with van der Waals surface area (Å²) >= 11 is 0. The number of aromatic nitrogens is 3.